The Morgan fingerprint density at radius 1 is 1.83 bits per heavy atom. The van der Waals surface area contributed by atoms with Gasteiger partial charge in [0.2, 0.25) is 0 Å². The van der Waals surface area contributed by atoms with E-state index in [1.54, 1.807) is 0 Å². The summed E-state index contributed by atoms with van der Waals surface area (Å²) in [6.07, 6.45) is 0. The summed E-state index contributed by atoms with van der Waals surface area (Å²) in [6, 6.07) is 1.52. The predicted molar refractivity (Wildman–Crippen MR) is 48.0 cm³/mol. The molecule has 1 N–H and O–H groups in total. The second-order valence-corrected chi connectivity index (χ2v) is 3.32. The number of nitrogens with zero attached hydrogens (tertiary/aromatic N) is 3. The Morgan fingerprint density at radius 2 is 2.58 bits per heavy atom. The maximum Gasteiger partial charge on any atom is 0.0951 e. The van der Waals surface area contributed by atoms with Crippen LogP contribution < -0.4 is 0 Å². The maximum absolute atomic E-state index is 8.90. The minimum atomic E-state index is -0.421. The molecule has 0 aliphatic carbocycles. The molecule has 1 aromatic heterocycles. The lowest BCUT2D eigenvalue weighted by Crippen LogP contribution is -1.98. The Balaban J connectivity index is 2.93. The number of aryl methyl sites for hydroxylation is 1. The molecular formula is C7H9N3OS. The van der Waals surface area contributed by atoms with E-state index in [9.17, 15) is 0 Å². The summed E-state index contributed by atoms with van der Waals surface area (Å²) in [6.45, 7) is 1.80. The third-order valence-electron chi connectivity index (χ3n) is 1.57. The standard InChI is InChI=1S/C7H9N3OS/c1-5-2-3-12-7(5)6(4-11)9-10-8/h2-3,6,11H,4H2,1H3. The summed E-state index contributed by atoms with van der Waals surface area (Å²) in [7, 11) is 0. The Hall–Kier alpha value is -1.03. The molecule has 1 rings (SSSR count). The van der Waals surface area contributed by atoms with Crippen LogP contribution in [-0.2, 0) is 0 Å². The molecule has 1 heterocycles. The summed E-state index contributed by atoms with van der Waals surface area (Å²) in [5.41, 5.74) is 9.27. The molecule has 0 bridgehead atoms. The van der Waals surface area contributed by atoms with Crippen LogP contribution in [0.4, 0.5) is 0 Å². The fraction of sp³-hybridized carbons (Fsp3) is 0.429. The number of aliphatic hydroxyl groups is 1. The number of azide groups is 1. The van der Waals surface area contributed by atoms with E-state index in [1.165, 1.54) is 11.3 Å². The van der Waals surface area contributed by atoms with Crippen LogP contribution in [0.2, 0.25) is 0 Å². The first-order valence-corrected chi connectivity index (χ1v) is 4.36. The highest BCUT2D eigenvalue weighted by Crippen LogP contribution is 2.26. The Morgan fingerprint density at radius 3 is 3.00 bits per heavy atom. The van der Waals surface area contributed by atoms with Crippen molar-refractivity contribution in [3.05, 3.63) is 32.3 Å². The van der Waals surface area contributed by atoms with Gasteiger partial charge in [-0.25, -0.2) is 0 Å². The number of aliphatic hydroxyl groups excluding tert-OH is 1. The minimum Gasteiger partial charge on any atom is -0.396 e. The molecule has 1 unspecified atom stereocenters. The van der Waals surface area contributed by atoms with Crippen molar-refractivity contribution in [2.45, 2.75) is 13.0 Å². The molecule has 4 nitrogen and oxygen atoms in total. The van der Waals surface area contributed by atoms with Gasteiger partial charge in [-0.2, -0.15) is 0 Å². The smallest absolute Gasteiger partial charge is 0.0951 e. The second kappa shape index (κ2) is 4.11. The maximum atomic E-state index is 8.90. The Labute approximate surface area is 74.1 Å². The van der Waals surface area contributed by atoms with E-state index in [2.05, 4.69) is 10.0 Å². The molecule has 0 spiro atoms. The lowest BCUT2D eigenvalue weighted by molar-refractivity contribution is 0.269. The molecule has 0 fully saturated rings. The van der Waals surface area contributed by atoms with Crippen molar-refractivity contribution < 1.29 is 5.11 Å². The normalized spacial score (nSPS) is 12.2. The van der Waals surface area contributed by atoms with Crippen LogP contribution in [-0.4, -0.2) is 11.7 Å². The molecule has 0 amide bonds. The first-order chi connectivity index (χ1) is 5.79. The third kappa shape index (κ3) is 1.76. The van der Waals surface area contributed by atoms with Gasteiger partial charge >= 0.3 is 0 Å². The van der Waals surface area contributed by atoms with Crippen molar-refractivity contribution in [3.63, 3.8) is 0 Å². The zero-order valence-electron chi connectivity index (χ0n) is 6.64. The minimum absolute atomic E-state index is 0.134. The van der Waals surface area contributed by atoms with Gasteiger partial charge in [-0.15, -0.1) is 11.3 Å². The molecule has 12 heavy (non-hydrogen) atoms. The van der Waals surface area contributed by atoms with Gasteiger partial charge in [0, 0.05) is 9.79 Å². The van der Waals surface area contributed by atoms with E-state index in [0.717, 1.165) is 10.4 Å². The van der Waals surface area contributed by atoms with E-state index < -0.39 is 6.04 Å². The van der Waals surface area contributed by atoms with Crippen molar-refractivity contribution in [3.8, 4) is 0 Å². The molecule has 0 radical (unpaired) electrons. The van der Waals surface area contributed by atoms with Crippen LogP contribution in [0.5, 0.6) is 0 Å². The molecule has 1 aromatic rings. The van der Waals surface area contributed by atoms with Crippen molar-refractivity contribution in [1.29, 1.82) is 0 Å². The van der Waals surface area contributed by atoms with Crippen molar-refractivity contribution in [1.82, 2.24) is 0 Å². The van der Waals surface area contributed by atoms with E-state index in [4.69, 9.17) is 10.6 Å². The first-order valence-electron chi connectivity index (χ1n) is 3.48. The van der Waals surface area contributed by atoms with Gasteiger partial charge in [0.15, 0.2) is 0 Å². The topological polar surface area (TPSA) is 69.0 Å². The van der Waals surface area contributed by atoms with Gasteiger partial charge in [-0.3, -0.25) is 0 Å². The van der Waals surface area contributed by atoms with E-state index in [-0.39, 0.29) is 6.61 Å². The quantitative estimate of drug-likeness (QED) is 0.436. The van der Waals surface area contributed by atoms with Crippen LogP contribution in [0.15, 0.2) is 16.6 Å². The predicted octanol–water partition coefficient (Wildman–Crippen LogP) is 2.40. The number of thiophene rings is 1. The van der Waals surface area contributed by atoms with Crippen molar-refractivity contribution in [2.75, 3.05) is 6.61 Å². The third-order valence-corrected chi connectivity index (χ3v) is 2.69. The zero-order valence-corrected chi connectivity index (χ0v) is 7.45. The lowest BCUT2D eigenvalue weighted by Gasteiger charge is -2.04. The monoisotopic (exact) mass is 183 g/mol. The van der Waals surface area contributed by atoms with Gasteiger partial charge in [-0.05, 0) is 29.5 Å². The number of hydrogen-bond acceptors (Lipinski definition) is 3. The number of rotatable bonds is 3. The van der Waals surface area contributed by atoms with Crippen molar-refractivity contribution >= 4 is 11.3 Å². The van der Waals surface area contributed by atoms with Crippen LogP contribution in [0.25, 0.3) is 10.4 Å². The fourth-order valence-corrected chi connectivity index (χ4v) is 1.91. The van der Waals surface area contributed by atoms with Crippen LogP contribution in [0.1, 0.15) is 16.5 Å². The van der Waals surface area contributed by atoms with E-state index in [0.29, 0.717) is 0 Å². The highest BCUT2D eigenvalue weighted by atomic mass is 32.1. The largest absolute Gasteiger partial charge is 0.396 e. The molecule has 0 aliphatic heterocycles. The van der Waals surface area contributed by atoms with Crippen LogP contribution in [0, 0.1) is 6.92 Å². The molecule has 0 saturated heterocycles. The van der Waals surface area contributed by atoms with Crippen LogP contribution in [0.3, 0.4) is 0 Å². The Bertz CT molecular complexity index is 303. The SMILES string of the molecule is Cc1ccsc1C(CO)N=[N+]=[N-]. The number of hydrogen-bond donors (Lipinski definition) is 1. The summed E-state index contributed by atoms with van der Waals surface area (Å²) >= 11 is 1.50. The molecule has 64 valence electrons. The molecule has 0 aromatic carbocycles. The fourth-order valence-electron chi connectivity index (χ4n) is 0.960. The summed E-state index contributed by atoms with van der Waals surface area (Å²) < 4.78 is 0. The zero-order chi connectivity index (χ0) is 8.97. The highest BCUT2D eigenvalue weighted by molar-refractivity contribution is 7.10. The summed E-state index contributed by atoms with van der Waals surface area (Å²) in [4.78, 5) is 3.62. The summed E-state index contributed by atoms with van der Waals surface area (Å²) in [5, 5.41) is 14.3. The van der Waals surface area contributed by atoms with E-state index in [1.807, 2.05) is 18.4 Å². The molecule has 5 heteroatoms. The first kappa shape index (κ1) is 9.06. The van der Waals surface area contributed by atoms with Gasteiger partial charge in [0.05, 0.1) is 12.6 Å². The Kier molecular flexibility index (Phi) is 3.10. The van der Waals surface area contributed by atoms with Gasteiger partial charge in [0.25, 0.3) is 0 Å². The molecule has 1 atom stereocenters. The molecule has 0 saturated carbocycles. The highest BCUT2D eigenvalue weighted by Gasteiger charge is 2.11. The summed E-state index contributed by atoms with van der Waals surface area (Å²) in [5.74, 6) is 0. The average molecular weight is 183 g/mol. The van der Waals surface area contributed by atoms with Crippen molar-refractivity contribution in [2.24, 2.45) is 5.11 Å². The van der Waals surface area contributed by atoms with Gasteiger partial charge < -0.3 is 5.11 Å². The lowest BCUT2D eigenvalue weighted by atomic mass is 10.2. The average Bonchev–Trinajstić information content (AvgIpc) is 2.47. The van der Waals surface area contributed by atoms with E-state index >= 15 is 0 Å². The second-order valence-electron chi connectivity index (χ2n) is 2.37. The van der Waals surface area contributed by atoms with Crippen LogP contribution >= 0.6 is 11.3 Å². The molecule has 0 aliphatic rings. The van der Waals surface area contributed by atoms with Gasteiger partial charge in [-0.1, -0.05) is 5.11 Å². The molecular weight excluding hydrogens is 174 g/mol. The van der Waals surface area contributed by atoms with Gasteiger partial charge in [0.1, 0.15) is 0 Å².